The van der Waals surface area contributed by atoms with Crippen LogP contribution in [0.4, 0.5) is 18.9 Å². The molecular formula is C21H25F3N8. The van der Waals surface area contributed by atoms with Crippen LogP contribution in [-0.4, -0.2) is 67.8 Å². The number of halogens is 3. The summed E-state index contributed by atoms with van der Waals surface area (Å²) in [4.78, 5) is 3.50. The van der Waals surface area contributed by atoms with E-state index in [1.807, 2.05) is 19.9 Å². The number of tetrazole rings is 1. The summed E-state index contributed by atoms with van der Waals surface area (Å²) in [7, 11) is 0. The van der Waals surface area contributed by atoms with Crippen molar-refractivity contribution in [1.29, 1.82) is 0 Å². The Morgan fingerprint density at radius 2 is 2.03 bits per heavy atom. The number of aromatic amines is 1. The molecule has 4 rings (SSSR count). The Bertz CT molecular complexity index is 1010. The summed E-state index contributed by atoms with van der Waals surface area (Å²) in [5, 5.41) is 21.6. The minimum Gasteiger partial charge on any atom is -0.368 e. The minimum atomic E-state index is -2.58. The molecule has 0 bridgehead atoms. The van der Waals surface area contributed by atoms with Crippen LogP contribution >= 0.6 is 0 Å². The SMILES string of the molecule is CC(C)Cc1cc(F)c(-c2nn[nH]n2)c(N2CCN(Cc3cccnn3)[C@@H](C(F)F)C2)c1. The third kappa shape index (κ3) is 4.87. The van der Waals surface area contributed by atoms with Gasteiger partial charge in [-0.2, -0.15) is 15.4 Å². The second-order valence-electron chi connectivity index (χ2n) is 8.34. The van der Waals surface area contributed by atoms with Gasteiger partial charge in [-0.15, -0.1) is 10.2 Å². The van der Waals surface area contributed by atoms with Crippen LogP contribution in [0.1, 0.15) is 25.1 Å². The topological polar surface area (TPSA) is 86.7 Å². The van der Waals surface area contributed by atoms with Crippen molar-refractivity contribution in [1.82, 2.24) is 35.7 Å². The molecule has 0 radical (unpaired) electrons. The van der Waals surface area contributed by atoms with Gasteiger partial charge in [0.1, 0.15) is 5.82 Å². The Labute approximate surface area is 183 Å². The molecule has 1 aliphatic rings. The smallest absolute Gasteiger partial charge is 0.255 e. The molecule has 1 aromatic carbocycles. The van der Waals surface area contributed by atoms with Crippen molar-refractivity contribution in [2.45, 2.75) is 39.3 Å². The average molecular weight is 446 g/mol. The van der Waals surface area contributed by atoms with Gasteiger partial charge in [0.2, 0.25) is 5.82 Å². The molecule has 3 heterocycles. The number of benzene rings is 1. The van der Waals surface area contributed by atoms with E-state index in [4.69, 9.17) is 0 Å². The fourth-order valence-electron chi connectivity index (χ4n) is 4.10. The van der Waals surface area contributed by atoms with Crippen molar-refractivity contribution >= 4 is 5.69 Å². The summed E-state index contributed by atoms with van der Waals surface area (Å²) in [6.07, 6.45) is -0.363. The molecular weight excluding hydrogens is 421 g/mol. The number of alkyl halides is 2. The summed E-state index contributed by atoms with van der Waals surface area (Å²) in [6, 6.07) is 5.78. The average Bonchev–Trinajstić information content (AvgIpc) is 3.28. The van der Waals surface area contributed by atoms with Gasteiger partial charge < -0.3 is 4.90 Å². The predicted octanol–water partition coefficient (Wildman–Crippen LogP) is 2.95. The minimum absolute atomic E-state index is 0.0351. The number of nitrogens with one attached hydrogen (secondary N) is 1. The van der Waals surface area contributed by atoms with Gasteiger partial charge in [-0.3, -0.25) is 4.90 Å². The molecule has 0 unspecified atom stereocenters. The van der Waals surface area contributed by atoms with Crippen LogP contribution in [0, 0.1) is 11.7 Å². The molecule has 1 fully saturated rings. The van der Waals surface area contributed by atoms with Gasteiger partial charge in [-0.25, -0.2) is 13.2 Å². The third-order valence-corrected chi connectivity index (χ3v) is 5.50. The highest BCUT2D eigenvalue weighted by Gasteiger charge is 2.35. The number of H-pyrrole nitrogens is 1. The fraction of sp³-hybridized carbons (Fsp3) is 0.476. The maximum Gasteiger partial charge on any atom is 0.255 e. The first-order valence-electron chi connectivity index (χ1n) is 10.5. The Hall–Kier alpha value is -3.08. The van der Waals surface area contributed by atoms with Crippen molar-refractivity contribution < 1.29 is 13.2 Å². The lowest BCUT2D eigenvalue weighted by Crippen LogP contribution is -2.56. The highest BCUT2D eigenvalue weighted by Crippen LogP contribution is 2.35. The number of nitrogens with zero attached hydrogens (tertiary/aromatic N) is 7. The van der Waals surface area contributed by atoms with Gasteiger partial charge in [0, 0.05) is 32.4 Å². The van der Waals surface area contributed by atoms with E-state index < -0.39 is 18.3 Å². The van der Waals surface area contributed by atoms with E-state index in [9.17, 15) is 8.78 Å². The number of hydrogen-bond acceptors (Lipinski definition) is 7. The van der Waals surface area contributed by atoms with E-state index in [2.05, 4.69) is 30.8 Å². The Balaban J connectivity index is 1.66. The maximum atomic E-state index is 15.2. The molecule has 1 atom stereocenters. The standard InChI is InChI=1S/C21H25F3N8/c1-13(2)8-14-9-16(22)19(21-27-29-30-28-21)17(10-14)32-7-6-31(18(12-32)20(23)24)11-15-4-3-5-25-26-15/h3-5,9-10,13,18,20H,6-8,11-12H2,1-2H3,(H,27,28,29,30)/t18-/m1/s1. The molecule has 32 heavy (non-hydrogen) atoms. The van der Waals surface area contributed by atoms with E-state index in [0.29, 0.717) is 36.8 Å². The molecule has 11 heteroatoms. The van der Waals surface area contributed by atoms with Gasteiger partial charge in [-0.05, 0) is 47.4 Å². The van der Waals surface area contributed by atoms with E-state index in [0.717, 1.165) is 5.56 Å². The molecule has 3 aromatic rings. The number of rotatable bonds is 7. The first-order chi connectivity index (χ1) is 15.4. The highest BCUT2D eigenvalue weighted by atomic mass is 19.3. The lowest BCUT2D eigenvalue weighted by atomic mass is 9.98. The van der Waals surface area contributed by atoms with Crippen LogP contribution < -0.4 is 4.90 Å². The lowest BCUT2D eigenvalue weighted by Gasteiger charge is -2.42. The highest BCUT2D eigenvalue weighted by molar-refractivity contribution is 5.76. The number of piperazine rings is 1. The zero-order valence-electron chi connectivity index (χ0n) is 17.9. The molecule has 0 amide bonds. The van der Waals surface area contributed by atoms with Gasteiger partial charge >= 0.3 is 0 Å². The second kappa shape index (κ2) is 9.60. The van der Waals surface area contributed by atoms with Crippen molar-refractivity contribution in [2.24, 2.45) is 5.92 Å². The van der Waals surface area contributed by atoms with Crippen LogP contribution in [0.5, 0.6) is 0 Å². The second-order valence-corrected chi connectivity index (χ2v) is 8.34. The van der Waals surface area contributed by atoms with Crippen LogP contribution in [-0.2, 0) is 13.0 Å². The van der Waals surface area contributed by atoms with Crippen molar-refractivity contribution in [3.8, 4) is 11.4 Å². The van der Waals surface area contributed by atoms with Crippen LogP contribution in [0.25, 0.3) is 11.4 Å². The summed E-state index contributed by atoms with van der Waals surface area (Å²) < 4.78 is 43.3. The summed E-state index contributed by atoms with van der Waals surface area (Å²) in [5.74, 6) is -0.0739. The molecule has 2 aromatic heterocycles. The molecule has 170 valence electrons. The van der Waals surface area contributed by atoms with Gasteiger partial charge in [0.25, 0.3) is 6.43 Å². The van der Waals surface area contributed by atoms with E-state index in [1.54, 1.807) is 28.1 Å². The molecule has 1 N–H and O–H groups in total. The molecule has 8 nitrogen and oxygen atoms in total. The Morgan fingerprint density at radius 3 is 2.69 bits per heavy atom. The first-order valence-corrected chi connectivity index (χ1v) is 10.5. The van der Waals surface area contributed by atoms with Crippen molar-refractivity contribution in [2.75, 3.05) is 24.5 Å². The quantitative estimate of drug-likeness (QED) is 0.597. The summed E-state index contributed by atoms with van der Waals surface area (Å²) >= 11 is 0. The normalized spacial score (nSPS) is 17.5. The molecule has 0 spiro atoms. The van der Waals surface area contributed by atoms with E-state index >= 15 is 4.39 Å². The number of aromatic nitrogens is 6. The number of anilines is 1. The first kappa shape index (κ1) is 22.1. The van der Waals surface area contributed by atoms with Crippen molar-refractivity contribution in [3.05, 3.63) is 47.5 Å². The fourth-order valence-corrected chi connectivity index (χ4v) is 4.10. The van der Waals surface area contributed by atoms with Crippen molar-refractivity contribution in [3.63, 3.8) is 0 Å². The van der Waals surface area contributed by atoms with E-state index in [-0.39, 0.29) is 24.5 Å². The van der Waals surface area contributed by atoms with Gasteiger partial charge in [0.15, 0.2) is 0 Å². The maximum absolute atomic E-state index is 15.2. The molecule has 1 aliphatic heterocycles. The Kier molecular flexibility index (Phi) is 6.63. The zero-order valence-corrected chi connectivity index (χ0v) is 17.9. The molecule has 1 saturated heterocycles. The van der Waals surface area contributed by atoms with Crippen LogP contribution in [0.15, 0.2) is 30.5 Å². The van der Waals surface area contributed by atoms with Crippen LogP contribution in [0.2, 0.25) is 0 Å². The lowest BCUT2D eigenvalue weighted by molar-refractivity contribution is 0.0143. The predicted molar refractivity (Wildman–Crippen MR) is 113 cm³/mol. The summed E-state index contributed by atoms with van der Waals surface area (Å²) in [6.45, 7) is 5.21. The monoisotopic (exact) mass is 446 g/mol. The van der Waals surface area contributed by atoms with Crippen LogP contribution in [0.3, 0.4) is 0 Å². The zero-order chi connectivity index (χ0) is 22.7. The Morgan fingerprint density at radius 1 is 1.19 bits per heavy atom. The van der Waals surface area contributed by atoms with Gasteiger partial charge in [0.05, 0.1) is 23.0 Å². The third-order valence-electron chi connectivity index (χ3n) is 5.50. The molecule has 0 saturated carbocycles. The van der Waals surface area contributed by atoms with E-state index in [1.165, 1.54) is 6.07 Å². The van der Waals surface area contributed by atoms with Gasteiger partial charge in [-0.1, -0.05) is 13.8 Å². The largest absolute Gasteiger partial charge is 0.368 e. The summed E-state index contributed by atoms with van der Waals surface area (Å²) in [5.41, 5.74) is 2.10. The number of hydrogen-bond donors (Lipinski definition) is 1. The molecule has 0 aliphatic carbocycles.